The third-order valence-electron chi connectivity index (χ3n) is 7.24. The van der Waals surface area contributed by atoms with Gasteiger partial charge in [-0.3, -0.25) is 4.79 Å². The van der Waals surface area contributed by atoms with E-state index in [1.807, 2.05) is 0 Å². The number of nitrogens with one attached hydrogen (secondary N) is 3. The second kappa shape index (κ2) is 13.9. The van der Waals surface area contributed by atoms with Crippen molar-refractivity contribution in [2.75, 3.05) is 13.2 Å². The number of piperidine rings is 1. The average Bonchev–Trinajstić information content (AvgIpc) is 2.87. The van der Waals surface area contributed by atoms with E-state index in [1.54, 1.807) is 31.2 Å². The van der Waals surface area contributed by atoms with Crippen LogP contribution in [0.3, 0.4) is 0 Å². The van der Waals surface area contributed by atoms with Crippen LogP contribution in [0.5, 0.6) is 5.75 Å². The normalized spacial score (nSPS) is 24.4. The van der Waals surface area contributed by atoms with Crippen molar-refractivity contribution >= 4 is 23.7 Å². The molecule has 1 aliphatic heterocycles. The van der Waals surface area contributed by atoms with E-state index in [0.717, 1.165) is 44.2 Å². The Morgan fingerprint density at radius 3 is 2.59 bits per heavy atom. The SMILES string of the molecule is CCOC(=O)C(Cc1ccc(OC(=O)C2CC3CC(CC/C(N)=N/NN)CCC3CN2)cc1)NC(C)=O. The van der Waals surface area contributed by atoms with Gasteiger partial charge in [-0.1, -0.05) is 18.6 Å². The van der Waals surface area contributed by atoms with E-state index in [9.17, 15) is 14.4 Å². The first-order chi connectivity index (χ1) is 17.8. The van der Waals surface area contributed by atoms with Crippen molar-refractivity contribution in [1.82, 2.24) is 16.2 Å². The third kappa shape index (κ3) is 8.71. The number of nitrogens with two attached hydrogens (primary N) is 2. The van der Waals surface area contributed by atoms with E-state index in [4.69, 9.17) is 21.1 Å². The summed E-state index contributed by atoms with van der Waals surface area (Å²) in [6, 6.07) is 5.84. The standard InChI is InChI=1S/C26H40N6O5/c1-3-36-25(34)23(30-16(2)33)13-18-5-9-21(10-6-18)37-26(35)22-14-20-12-17(4-8-19(20)15-29-22)7-11-24(27)31-32-28/h5-6,9-10,17,19-20,22-23,29,32H,3-4,7-8,11-15,28H2,1-2H3,(H2,27,31)(H,30,33). The quantitative estimate of drug-likeness (QED) is 0.0722. The van der Waals surface area contributed by atoms with Crippen molar-refractivity contribution in [2.45, 2.75) is 70.9 Å². The first-order valence-electron chi connectivity index (χ1n) is 13.0. The topological polar surface area (TPSA) is 170 Å². The van der Waals surface area contributed by atoms with E-state index >= 15 is 0 Å². The summed E-state index contributed by atoms with van der Waals surface area (Å²) in [5.74, 6) is 6.66. The van der Waals surface area contributed by atoms with Crippen LogP contribution in [-0.4, -0.2) is 48.9 Å². The van der Waals surface area contributed by atoms with Crippen LogP contribution in [0.1, 0.15) is 57.9 Å². The molecule has 3 rings (SSSR count). The molecule has 1 aliphatic carbocycles. The van der Waals surface area contributed by atoms with E-state index in [-0.39, 0.29) is 30.9 Å². The maximum Gasteiger partial charge on any atom is 0.328 e. The van der Waals surface area contributed by atoms with Gasteiger partial charge in [-0.2, -0.15) is 5.10 Å². The molecule has 5 atom stereocenters. The molecular formula is C26H40N6O5. The first kappa shape index (κ1) is 28.4. The molecule has 11 nitrogen and oxygen atoms in total. The maximum atomic E-state index is 12.9. The summed E-state index contributed by atoms with van der Waals surface area (Å²) in [6.45, 7) is 4.12. The number of rotatable bonds is 11. The Morgan fingerprint density at radius 2 is 1.92 bits per heavy atom. The molecule has 1 amide bonds. The maximum absolute atomic E-state index is 12.9. The zero-order valence-corrected chi connectivity index (χ0v) is 21.7. The number of carbonyl (C=O) groups excluding carboxylic acids is 3. The van der Waals surface area contributed by atoms with Gasteiger partial charge in [-0.15, -0.1) is 0 Å². The highest BCUT2D eigenvalue weighted by Gasteiger charge is 2.38. The second-order valence-electron chi connectivity index (χ2n) is 9.94. The summed E-state index contributed by atoms with van der Waals surface area (Å²) in [5, 5.41) is 9.82. The van der Waals surface area contributed by atoms with Gasteiger partial charge in [0.1, 0.15) is 23.7 Å². The number of hydrogen-bond acceptors (Lipinski definition) is 9. The highest BCUT2D eigenvalue weighted by Crippen LogP contribution is 2.40. The predicted octanol–water partition coefficient (Wildman–Crippen LogP) is 1.11. The summed E-state index contributed by atoms with van der Waals surface area (Å²) in [5.41, 5.74) is 8.89. The van der Waals surface area contributed by atoms with Gasteiger partial charge in [0.25, 0.3) is 0 Å². The monoisotopic (exact) mass is 516 g/mol. The fourth-order valence-electron chi connectivity index (χ4n) is 5.39. The summed E-state index contributed by atoms with van der Waals surface area (Å²) < 4.78 is 10.7. The van der Waals surface area contributed by atoms with Crippen molar-refractivity contribution in [2.24, 2.45) is 34.4 Å². The number of fused-ring (bicyclic) bond motifs is 1. The fraction of sp³-hybridized carbons (Fsp3) is 0.615. The lowest BCUT2D eigenvalue weighted by atomic mass is 9.69. The van der Waals surface area contributed by atoms with Crippen molar-refractivity contribution in [3.63, 3.8) is 0 Å². The molecule has 0 aromatic heterocycles. The van der Waals surface area contributed by atoms with Gasteiger partial charge in [0.05, 0.1) is 6.61 Å². The van der Waals surface area contributed by atoms with Crippen LogP contribution in [0.15, 0.2) is 29.4 Å². The van der Waals surface area contributed by atoms with Crippen LogP contribution < -0.4 is 32.5 Å². The molecule has 1 heterocycles. The minimum Gasteiger partial charge on any atom is -0.464 e. The Balaban J connectivity index is 1.51. The molecule has 2 aliphatic rings. The van der Waals surface area contributed by atoms with Gasteiger partial charge >= 0.3 is 11.9 Å². The summed E-state index contributed by atoms with van der Waals surface area (Å²) >= 11 is 0. The highest BCUT2D eigenvalue weighted by atomic mass is 16.5. The van der Waals surface area contributed by atoms with Crippen molar-refractivity contribution in [1.29, 1.82) is 0 Å². The first-order valence-corrected chi connectivity index (χ1v) is 13.0. The second-order valence-corrected chi connectivity index (χ2v) is 9.94. The lowest BCUT2D eigenvalue weighted by Crippen LogP contribution is -2.50. The van der Waals surface area contributed by atoms with Gasteiger partial charge in [-0.25, -0.2) is 21.0 Å². The Morgan fingerprint density at radius 1 is 1.16 bits per heavy atom. The fourth-order valence-corrected chi connectivity index (χ4v) is 5.39. The molecule has 7 N–H and O–H groups in total. The lowest BCUT2D eigenvalue weighted by molar-refractivity contribution is -0.147. The predicted molar refractivity (Wildman–Crippen MR) is 139 cm³/mol. The minimum atomic E-state index is -0.773. The zero-order chi connectivity index (χ0) is 26.8. The molecule has 2 fully saturated rings. The van der Waals surface area contributed by atoms with Crippen molar-refractivity contribution < 1.29 is 23.9 Å². The van der Waals surface area contributed by atoms with E-state index < -0.39 is 12.0 Å². The van der Waals surface area contributed by atoms with Crippen LogP contribution in [0.25, 0.3) is 0 Å². The van der Waals surface area contributed by atoms with Crippen LogP contribution in [-0.2, 0) is 25.5 Å². The number of nitrogens with zero attached hydrogens (tertiary/aromatic N) is 1. The van der Waals surface area contributed by atoms with Gasteiger partial charge in [0, 0.05) is 19.8 Å². The smallest absolute Gasteiger partial charge is 0.328 e. The Labute approximate surface area is 218 Å². The van der Waals surface area contributed by atoms with Crippen molar-refractivity contribution in [3.8, 4) is 5.75 Å². The number of hydrogen-bond donors (Lipinski definition) is 5. The minimum absolute atomic E-state index is 0.233. The summed E-state index contributed by atoms with van der Waals surface area (Å²) in [6.07, 6.45) is 6.08. The molecule has 1 saturated carbocycles. The molecule has 11 heteroatoms. The zero-order valence-electron chi connectivity index (χ0n) is 21.7. The number of amidine groups is 1. The Kier molecular flexibility index (Phi) is 10.7. The van der Waals surface area contributed by atoms with Crippen LogP contribution in [0, 0.1) is 17.8 Å². The molecule has 1 aromatic carbocycles. The Bertz CT molecular complexity index is 953. The average molecular weight is 517 g/mol. The molecule has 204 valence electrons. The molecule has 0 spiro atoms. The van der Waals surface area contributed by atoms with Gasteiger partial charge < -0.3 is 25.8 Å². The number of benzene rings is 1. The molecule has 37 heavy (non-hydrogen) atoms. The largest absolute Gasteiger partial charge is 0.464 e. The van der Waals surface area contributed by atoms with Crippen LogP contribution in [0.4, 0.5) is 0 Å². The Hall–Kier alpha value is -3.18. The lowest BCUT2D eigenvalue weighted by Gasteiger charge is -2.42. The van der Waals surface area contributed by atoms with Crippen LogP contribution >= 0.6 is 0 Å². The molecule has 0 radical (unpaired) electrons. The van der Waals surface area contributed by atoms with Crippen LogP contribution in [0.2, 0.25) is 0 Å². The van der Waals surface area contributed by atoms with Gasteiger partial charge in [0.15, 0.2) is 0 Å². The summed E-state index contributed by atoms with van der Waals surface area (Å²) in [7, 11) is 0. The van der Waals surface area contributed by atoms with E-state index in [0.29, 0.717) is 35.8 Å². The third-order valence-corrected chi connectivity index (χ3v) is 7.24. The highest BCUT2D eigenvalue weighted by molar-refractivity contribution is 5.83. The molecular weight excluding hydrogens is 476 g/mol. The number of hydrazone groups is 1. The molecule has 1 saturated heterocycles. The van der Waals surface area contributed by atoms with Crippen molar-refractivity contribution in [3.05, 3.63) is 29.8 Å². The molecule has 5 unspecified atom stereocenters. The van der Waals surface area contributed by atoms with E-state index in [1.165, 1.54) is 6.92 Å². The number of esters is 2. The number of hydrazine groups is 1. The van der Waals surface area contributed by atoms with Gasteiger partial charge in [0.2, 0.25) is 5.91 Å². The number of amides is 1. The molecule has 0 bridgehead atoms. The molecule has 1 aromatic rings. The number of carbonyl (C=O) groups is 3. The number of ether oxygens (including phenoxy) is 2. The van der Waals surface area contributed by atoms with E-state index in [2.05, 4.69) is 21.3 Å². The van der Waals surface area contributed by atoms with Gasteiger partial charge in [-0.05, 0) is 74.6 Å². The summed E-state index contributed by atoms with van der Waals surface area (Å²) in [4.78, 5) is 36.5.